The highest BCUT2D eigenvalue weighted by Crippen LogP contribution is 2.39. The van der Waals surface area contributed by atoms with E-state index in [9.17, 15) is 4.79 Å². The van der Waals surface area contributed by atoms with Crippen LogP contribution in [0.1, 0.15) is 54.9 Å². The van der Waals surface area contributed by atoms with E-state index in [2.05, 4.69) is 0 Å². The van der Waals surface area contributed by atoms with Crippen molar-refractivity contribution in [3.8, 4) is 0 Å². The quantitative estimate of drug-likeness (QED) is 0.708. The average Bonchev–Trinajstić information content (AvgIpc) is 2.32. The Morgan fingerprint density at radius 1 is 1.12 bits per heavy atom. The van der Waals surface area contributed by atoms with Crippen molar-refractivity contribution < 1.29 is 14.1 Å². The summed E-state index contributed by atoms with van der Waals surface area (Å²) in [5.41, 5.74) is -0.848. The Morgan fingerprint density at radius 3 is 1.88 bits per heavy atom. The van der Waals surface area contributed by atoms with E-state index in [1.807, 2.05) is 41.5 Å². The van der Waals surface area contributed by atoms with Crippen LogP contribution in [0, 0.1) is 5.41 Å². The van der Waals surface area contributed by atoms with Gasteiger partial charge in [-0.15, -0.1) is 0 Å². The molecule has 0 N–H and O–H groups in total. The average molecular weight is 240 g/mol. The molecule has 1 rings (SSSR count). The molecule has 0 bridgehead atoms. The van der Waals surface area contributed by atoms with Gasteiger partial charge < -0.3 is 9.31 Å². The number of ketones is 1. The summed E-state index contributed by atoms with van der Waals surface area (Å²) in [6.07, 6.45) is 1.55. The van der Waals surface area contributed by atoms with Crippen LogP contribution in [-0.4, -0.2) is 24.1 Å². The van der Waals surface area contributed by atoms with Crippen LogP contribution in [0.25, 0.3) is 0 Å². The van der Waals surface area contributed by atoms with Gasteiger partial charge in [-0.3, -0.25) is 4.79 Å². The third-order valence-electron chi connectivity index (χ3n) is 4.26. The Hall–Kier alpha value is -0.345. The molecule has 0 aromatic heterocycles. The molecule has 1 aliphatic heterocycles. The van der Waals surface area contributed by atoms with Crippen LogP contribution >= 0.6 is 0 Å². The molecule has 4 heteroatoms. The van der Waals surface area contributed by atoms with Gasteiger partial charge >= 0.3 is 7.12 Å². The predicted molar refractivity (Wildman–Crippen MR) is 70.0 cm³/mol. The first-order valence-electron chi connectivity index (χ1n) is 6.35. The summed E-state index contributed by atoms with van der Waals surface area (Å²) in [5.74, 6) is 0.217. The molecule has 0 radical (unpaired) electrons. The lowest BCUT2D eigenvalue weighted by molar-refractivity contribution is -0.125. The third-order valence-corrected chi connectivity index (χ3v) is 4.26. The van der Waals surface area contributed by atoms with Crippen molar-refractivity contribution in [2.75, 3.05) is 0 Å². The van der Waals surface area contributed by atoms with Crippen molar-refractivity contribution >= 4 is 12.9 Å². The lowest BCUT2D eigenvalue weighted by Crippen LogP contribution is -2.41. The summed E-state index contributed by atoms with van der Waals surface area (Å²) in [5, 5.41) is 0. The summed E-state index contributed by atoms with van der Waals surface area (Å²) in [6, 6.07) is 0. The molecule has 17 heavy (non-hydrogen) atoms. The van der Waals surface area contributed by atoms with Crippen LogP contribution in [0.4, 0.5) is 0 Å². The van der Waals surface area contributed by atoms with Gasteiger partial charge in [0.15, 0.2) is 0 Å². The molecular weight excluding hydrogens is 215 g/mol. The molecular formula is C13H25BO3. The first-order valence-corrected chi connectivity index (χ1v) is 6.35. The highest BCUT2D eigenvalue weighted by Gasteiger charge is 2.50. The molecule has 1 aliphatic rings. The monoisotopic (exact) mass is 240 g/mol. The van der Waals surface area contributed by atoms with Crippen molar-refractivity contribution in [1.82, 2.24) is 0 Å². The van der Waals surface area contributed by atoms with Crippen molar-refractivity contribution in [3.63, 3.8) is 0 Å². The largest absolute Gasteiger partial charge is 0.457 e. The molecule has 1 saturated heterocycles. The van der Waals surface area contributed by atoms with E-state index in [0.29, 0.717) is 0 Å². The van der Waals surface area contributed by atoms with Crippen LogP contribution in [-0.2, 0) is 14.1 Å². The van der Waals surface area contributed by atoms with Gasteiger partial charge in [0.2, 0.25) is 0 Å². The zero-order chi connectivity index (χ0) is 13.5. The van der Waals surface area contributed by atoms with Crippen LogP contribution in [0.2, 0.25) is 6.32 Å². The minimum absolute atomic E-state index is 0.196. The van der Waals surface area contributed by atoms with Crippen molar-refractivity contribution in [2.24, 2.45) is 5.41 Å². The minimum atomic E-state index is -0.288. The summed E-state index contributed by atoms with van der Waals surface area (Å²) >= 11 is 0. The zero-order valence-electron chi connectivity index (χ0n) is 12.2. The van der Waals surface area contributed by atoms with Gasteiger partial charge in [0.05, 0.1) is 11.2 Å². The number of rotatable bonds is 4. The molecule has 0 aromatic rings. The molecule has 98 valence electrons. The second kappa shape index (κ2) is 4.40. The van der Waals surface area contributed by atoms with Crippen molar-refractivity contribution in [3.05, 3.63) is 0 Å². The molecule has 0 amide bonds. The highest BCUT2D eigenvalue weighted by molar-refractivity contribution is 6.45. The van der Waals surface area contributed by atoms with Crippen LogP contribution in [0.15, 0.2) is 0 Å². The maximum absolute atomic E-state index is 11.4. The van der Waals surface area contributed by atoms with Gasteiger partial charge in [-0.25, -0.2) is 0 Å². The molecule has 0 saturated carbocycles. The van der Waals surface area contributed by atoms with Crippen LogP contribution < -0.4 is 0 Å². The molecule has 3 nitrogen and oxygen atoms in total. The minimum Gasteiger partial charge on any atom is -0.403 e. The SMILES string of the molecule is CC(=O)C(C)(C)CCB1OC(C)(C)C(C)(C)O1. The van der Waals surface area contributed by atoms with E-state index < -0.39 is 0 Å². The van der Waals surface area contributed by atoms with Gasteiger partial charge in [0.1, 0.15) is 5.78 Å². The number of carbonyl (C=O) groups is 1. The normalized spacial score (nSPS) is 22.9. The van der Waals surface area contributed by atoms with E-state index >= 15 is 0 Å². The molecule has 0 aromatic carbocycles. The maximum atomic E-state index is 11.4. The third kappa shape index (κ3) is 3.11. The Morgan fingerprint density at radius 2 is 1.53 bits per heavy atom. The van der Waals surface area contributed by atoms with E-state index in [4.69, 9.17) is 9.31 Å². The van der Waals surface area contributed by atoms with Gasteiger partial charge in [-0.1, -0.05) is 13.8 Å². The Labute approximate surface area is 105 Å². The summed E-state index contributed by atoms with van der Waals surface area (Å²) in [6.45, 7) is 13.8. The molecule has 0 aliphatic carbocycles. The molecule has 0 atom stereocenters. The zero-order valence-corrected chi connectivity index (χ0v) is 12.2. The van der Waals surface area contributed by atoms with Gasteiger partial charge in [0, 0.05) is 5.41 Å². The van der Waals surface area contributed by atoms with Gasteiger partial charge in [0.25, 0.3) is 0 Å². The molecule has 0 unspecified atom stereocenters. The van der Waals surface area contributed by atoms with Crippen LogP contribution in [0.3, 0.4) is 0 Å². The maximum Gasteiger partial charge on any atom is 0.457 e. The number of carbonyl (C=O) groups excluding carboxylic acids is 1. The second-order valence-corrected chi connectivity index (χ2v) is 6.66. The Balaban J connectivity index is 2.55. The lowest BCUT2D eigenvalue weighted by Gasteiger charge is -2.32. The first-order chi connectivity index (χ1) is 7.48. The summed E-state index contributed by atoms with van der Waals surface area (Å²) < 4.78 is 11.8. The van der Waals surface area contributed by atoms with E-state index in [1.165, 1.54) is 0 Å². The van der Waals surface area contributed by atoms with E-state index in [1.54, 1.807) is 6.92 Å². The van der Waals surface area contributed by atoms with Crippen molar-refractivity contribution in [2.45, 2.75) is 72.4 Å². The smallest absolute Gasteiger partial charge is 0.403 e. The second-order valence-electron chi connectivity index (χ2n) is 6.66. The number of hydrogen-bond donors (Lipinski definition) is 0. The number of Topliss-reactive ketones (excluding diaryl/α,β-unsaturated/α-hetero) is 1. The molecule has 0 spiro atoms. The fourth-order valence-electron chi connectivity index (χ4n) is 1.74. The lowest BCUT2D eigenvalue weighted by atomic mass is 9.73. The highest BCUT2D eigenvalue weighted by atomic mass is 16.7. The fourth-order valence-corrected chi connectivity index (χ4v) is 1.74. The molecule has 1 fully saturated rings. The fraction of sp³-hybridized carbons (Fsp3) is 0.923. The van der Waals surface area contributed by atoms with Gasteiger partial charge in [-0.05, 0) is 47.4 Å². The Bertz CT molecular complexity index is 292. The standard InChI is InChI=1S/C13H25BO3/c1-10(15)11(2,3)8-9-14-16-12(4,5)13(6,7)17-14/h8-9H2,1-7H3. The first kappa shape index (κ1) is 14.7. The summed E-state index contributed by atoms with van der Waals surface area (Å²) in [7, 11) is -0.196. The number of hydrogen-bond acceptors (Lipinski definition) is 3. The predicted octanol–water partition coefficient (Wildman–Crippen LogP) is 3.08. The van der Waals surface area contributed by atoms with E-state index in [0.717, 1.165) is 12.7 Å². The van der Waals surface area contributed by atoms with Crippen molar-refractivity contribution in [1.29, 1.82) is 0 Å². The van der Waals surface area contributed by atoms with Crippen LogP contribution in [0.5, 0.6) is 0 Å². The summed E-state index contributed by atoms with van der Waals surface area (Å²) in [4.78, 5) is 11.4. The molecule has 1 heterocycles. The topological polar surface area (TPSA) is 35.5 Å². The van der Waals surface area contributed by atoms with E-state index in [-0.39, 0.29) is 29.5 Å². The van der Waals surface area contributed by atoms with Gasteiger partial charge in [-0.2, -0.15) is 0 Å². The Kier molecular flexibility index (Phi) is 3.81.